The van der Waals surface area contributed by atoms with E-state index in [0.717, 1.165) is 31.0 Å². The summed E-state index contributed by atoms with van der Waals surface area (Å²) in [6.07, 6.45) is 5.58. The fraction of sp³-hybridized carbons (Fsp3) is 0.333. The monoisotopic (exact) mass is 448 g/mol. The number of carbonyl (C=O) groups excluding carboxylic acids is 1. The van der Waals surface area contributed by atoms with E-state index in [-0.39, 0.29) is 17.5 Å². The number of hydrazone groups is 1. The Labute approximate surface area is 190 Å². The summed E-state index contributed by atoms with van der Waals surface area (Å²) in [5.74, 6) is 0.0957. The molecule has 0 spiro atoms. The van der Waals surface area contributed by atoms with Gasteiger partial charge in [0.05, 0.1) is 23.5 Å². The van der Waals surface area contributed by atoms with E-state index in [1.165, 1.54) is 24.4 Å². The molecule has 3 N–H and O–H groups in total. The van der Waals surface area contributed by atoms with Gasteiger partial charge in [0.15, 0.2) is 5.58 Å². The maximum Gasteiger partial charge on any atom is 0.295 e. The fourth-order valence-electron chi connectivity index (χ4n) is 5.14. The highest BCUT2D eigenvalue weighted by Gasteiger charge is 2.46. The van der Waals surface area contributed by atoms with Gasteiger partial charge < -0.3 is 20.0 Å². The summed E-state index contributed by atoms with van der Waals surface area (Å²) < 4.78 is 19.9. The van der Waals surface area contributed by atoms with Crippen LogP contribution in [0.25, 0.3) is 11.1 Å². The molecule has 2 aromatic carbocycles. The van der Waals surface area contributed by atoms with E-state index < -0.39 is 5.82 Å². The van der Waals surface area contributed by atoms with Crippen LogP contribution in [0.4, 0.5) is 16.1 Å². The van der Waals surface area contributed by atoms with E-state index in [1.807, 2.05) is 29.2 Å². The average Bonchev–Trinajstić information content (AvgIpc) is 3.52. The van der Waals surface area contributed by atoms with Gasteiger partial charge in [-0.05, 0) is 55.0 Å². The number of nitrogens with one attached hydrogen (secondary N) is 3. The molecule has 3 atom stereocenters. The van der Waals surface area contributed by atoms with E-state index in [9.17, 15) is 9.18 Å². The number of fused-ring (bicyclic) bond motifs is 2. The van der Waals surface area contributed by atoms with E-state index in [1.54, 1.807) is 0 Å². The normalized spacial score (nSPS) is 22.1. The number of para-hydroxylation sites is 2. The lowest BCUT2D eigenvalue weighted by Crippen LogP contribution is -2.42. The van der Waals surface area contributed by atoms with Gasteiger partial charge in [-0.25, -0.2) is 4.39 Å². The van der Waals surface area contributed by atoms with Gasteiger partial charge in [-0.15, -0.1) is 0 Å². The predicted octanol–water partition coefficient (Wildman–Crippen LogP) is 4.37. The molecular formula is C24H25FN6O2. The van der Waals surface area contributed by atoms with E-state index >= 15 is 0 Å². The molecular weight excluding hydrogens is 423 g/mol. The number of benzene rings is 2. The van der Waals surface area contributed by atoms with Crippen molar-refractivity contribution in [2.45, 2.75) is 25.3 Å². The highest BCUT2D eigenvalue weighted by Crippen LogP contribution is 2.43. The lowest BCUT2D eigenvalue weighted by Gasteiger charge is -2.28. The molecule has 1 aromatic heterocycles. The molecule has 1 aliphatic carbocycles. The van der Waals surface area contributed by atoms with E-state index in [2.05, 4.69) is 20.8 Å². The van der Waals surface area contributed by atoms with Gasteiger partial charge in [-0.2, -0.15) is 10.1 Å². The summed E-state index contributed by atoms with van der Waals surface area (Å²) in [6, 6.07) is 12.0. The van der Waals surface area contributed by atoms with E-state index in [4.69, 9.17) is 9.83 Å². The third-order valence-corrected chi connectivity index (χ3v) is 6.61. The molecule has 5 rings (SSSR count). The molecule has 9 heteroatoms. The number of nitrogens with zero attached hydrogens (tertiary/aromatic N) is 3. The van der Waals surface area contributed by atoms with Crippen LogP contribution < -0.4 is 10.7 Å². The van der Waals surface area contributed by atoms with Crippen molar-refractivity contribution >= 4 is 41.1 Å². The van der Waals surface area contributed by atoms with E-state index in [0.29, 0.717) is 42.2 Å². The Morgan fingerprint density at radius 2 is 2.18 bits per heavy atom. The lowest BCUT2D eigenvalue weighted by atomic mass is 9.94. The minimum atomic E-state index is -0.486. The second-order valence-electron chi connectivity index (χ2n) is 8.49. The number of halogens is 1. The molecule has 1 amide bonds. The minimum Gasteiger partial charge on any atom is -0.424 e. The molecule has 2 aliphatic rings. The summed E-state index contributed by atoms with van der Waals surface area (Å²) in [5.41, 5.74) is 4.86. The Morgan fingerprint density at radius 3 is 3.03 bits per heavy atom. The van der Waals surface area contributed by atoms with Crippen molar-refractivity contribution in [2.24, 2.45) is 16.9 Å². The molecule has 0 radical (unpaired) electrons. The standard InChI is InChI=1S/C24H25FN6O2/c25-16-8-9-19(30-28-11-10-26)18(12-16)23(32)31-14-15-4-3-5-17(15)21(31)13-27-24-29-20-6-1-2-7-22(20)33-24/h1-2,6-12,15,17,21,26,30H,3-5,13-14H2,(H,27,29)/b26-10?,28-11-. The van der Waals surface area contributed by atoms with Gasteiger partial charge in [0.1, 0.15) is 11.3 Å². The maximum atomic E-state index is 14.1. The Bertz CT molecular complexity index is 1180. The number of anilines is 2. The number of oxazole rings is 1. The van der Waals surface area contributed by atoms with Gasteiger partial charge in [0.2, 0.25) is 0 Å². The first-order chi connectivity index (χ1) is 16.1. The van der Waals surface area contributed by atoms with Crippen molar-refractivity contribution in [3.05, 3.63) is 53.8 Å². The Kier molecular flexibility index (Phi) is 5.77. The topological polar surface area (TPSA) is 107 Å². The van der Waals surface area contributed by atoms with Crippen LogP contribution in [0.1, 0.15) is 29.6 Å². The summed E-state index contributed by atoms with van der Waals surface area (Å²) in [6.45, 7) is 1.15. The molecule has 3 unspecified atom stereocenters. The molecule has 1 saturated heterocycles. The van der Waals surface area contributed by atoms with Crippen molar-refractivity contribution in [2.75, 3.05) is 23.8 Å². The van der Waals surface area contributed by atoms with Crippen molar-refractivity contribution in [3.8, 4) is 0 Å². The van der Waals surface area contributed by atoms with Crippen LogP contribution in [-0.4, -0.2) is 47.4 Å². The highest BCUT2D eigenvalue weighted by molar-refractivity contribution is 6.14. The second kappa shape index (κ2) is 9.01. The molecule has 1 aliphatic heterocycles. The zero-order valence-corrected chi connectivity index (χ0v) is 18.0. The molecule has 2 heterocycles. The van der Waals surface area contributed by atoms with Crippen LogP contribution in [0.5, 0.6) is 0 Å². The largest absolute Gasteiger partial charge is 0.424 e. The fourth-order valence-corrected chi connectivity index (χ4v) is 5.14. The highest BCUT2D eigenvalue weighted by atomic mass is 19.1. The molecule has 0 bridgehead atoms. The quantitative estimate of drug-likeness (QED) is 0.368. The van der Waals surface area contributed by atoms with Crippen LogP contribution in [0, 0.1) is 23.1 Å². The summed E-state index contributed by atoms with van der Waals surface area (Å²) in [7, 11) is 0. The Hall–Kier alpha value is -3.75. The van der Waals surface area contributed by atoms with Gasteiger partial charge >= 0.3 is 0 Å². The zero-order valence-electron chi connectivity index (χ0n) is 18.0. The second-order valence-corrected chi connectivity index (χ2v) is 8.49. The zero-order chi connectivity index (χ0) is 22.8. The minimum absolute atomic E-state index is 0.0544. The van der Waals surface area contributed by atoms with Crippen molar-refractivity contribution in [1.29, 1.82) is 5.41 Å². The molecule has 2 fully saturated rings. The summed E-state index contributed by atoms with van der Waals surface area (Å²) in [5, 5.41) is 14.2. The van der Waals surface area contributed by atoms with Gasteiger partial charge in [0.25, 0.3) is 11.9 Å². The number of rotatable bonds is 7. The summed E-state index contributed by atoms with van der Waals surface area (Å²) >= 11 is 0. The molecule has 170 valence electrons. The third-order valence-electron chi connectivity index (χ3n) is 6.61. The maximum absolute atomic E-state index is 14.1. The SMILES string of the molecule is N=C/C=N\Nc1ccc(F)cc1C(=O)N1CC2CCCC2C1CNc1nc2ccccc2o1. The van der Waals surface area contributed by atoms with Crippen molar-refractivity contribution in [1.82, 2.24) is 9.88 Å². The molecule has 8 nitrogen and oxygen atoms in total. The molecule has 3 aromatic rings. The lowest BCUT2D eigenvalue weighted by molar-refractivity contribution is 0.0722. The number of carbonyl (C=O) groups is 1. The van der Waals surface area contributed by atoms with Crippen LogP contribution in [0.3, 0.4) is 0 Å². The first-order valence-corrected chi connectivity index (χ1v) is 11.1. The number of aromatic nitrogens is 1. The molecule has 1 saturated carbocycles. The number of hydrogen-bond donors (Lipinski definition) is 3. The number of hydrogen-bond acceptors (Lipinski definition) is 7. The van der Waals surface area contributed by atoms with Crippen LogP contribution >= 0.6 is 0 Å². The van der Waals surface area contributed by atoms with Gasteiger partial charge in [-0.3, -0.25) is 10.2 Å². The van der Waals surface area contributed by atoms with Crippen LogP contribution in [0.2, 0.25) is 0 Å². The van der Waals surface area contributed by atoms with Crippen molar-refractivity contribution in [3.63, 3.8) is 0 Å². The first kappa shape index (κ1) is 21.1. The Morgan fingerprint density at radius 1 is 1.30 bits per heavy atom. The first-order valence-electron chi connectivity index (χ1n) is 11.1. The summed E-state index contributed by atoms with van der Waals surface area (Å²) in [4.78, 5) is 19.9. The number of amides is 1. The van der Waals surface area contributed by atoms with Gasteiger partial charge in [-0.1, -0.05) is 18.6 Å². The molecule has 33 heavy (non-hydrogen) atoms. The Balaban J connectivity index is 1.39. The van der Waals surface area contributed by atoms with Gasteiger partial charge in [0, 0.05) is 19.3 Å². The number of likely N-dealkylation sites (tertiary alicyclic amines) is 1. The van der Waals surface area contributed by atoms with Crippen molar-refractivity contribution < 1.29 is 13.6 Å². The average molecular weight is 449 g/mol. The van der Waals surface area contributed by atoms with Crippen LogP contribution in [-0.2, 0) is 0 Å². The third kappa shape index (κ3) is 4.18. The predicted molar refractivity (Wildman–Crippen MR) is 125 cm³/mol. The smallest absolute Gasteiger partial charge is 0.295 e. The van der Waals surface area contributed by atoms with Crippen LogP contribution in [0.15, 0.2) is 52.0 Å².